The molecule has 0 bridgehead atoms. The lowest BCUT2D eigenvalue weighted by molar-refractivity contribution is -0.145. The lowest BCUT2D eigenvalue weighted by Gasteiger charge is -2.27. The van der Waals surface area contributed by atoms with E-state index in [2.05, 4.69) is 32.9 Å². The molecule has 37 heavy (non-hydrogen) atoms. The van der Waals surface area contributed by atoms with Crippen LogP contribution in [-0.4, -0.2) is 42.6 Å². The van der Waals surface area contributed by atoms with Gasteiger partial charge >= 0.3 is 12.0 Å². The van der Waals surface area contributed by atoms with Crippen molar-refractivity contribution in [3.63, 3.8) is 0 Å². The number of halogens is 1. The van der Waals surface area contributed by atoms with E-state index in [1.165, 1.54) is 38.3 Å². The third kappa shape index (κ3) is 8.73. The fourth-order valence-corrected chi connectivity index (χ4v) is 4.03. The van der Waals surface area contributed by atoms with Crippen LogP contribution in [-0.2, 0) is 9.53 Å². The summed E-state index contributed by atoms with van der Waals surface area (Å²) in [4.78, 5) is 32.9. The number of pyridine rings is 1. The lowest BCUT2D eigenvalue weighted by Crippen LogP contribution is -2.51. The molecule has 200 valence electrons. The molecule has 1 aliphatic rings. The Morgan fingerprint density at radius 2 is 1.84 bits per heavy atom. The van der Waals surface area contributed by atoms with E-state index in [9.17, 15) is 14.0 Å². The predicted octanol–water partition coefficient (Wildman–Crippen LogP) is 4.91. The molecule has 10 heteroatoms. The van der Waals surface area contributed by atoms with Crippen molar-refractivity contribution in [3.8, 4) is 11.6 Å². The van der Waals surface area contributed by atoms with E-state index < -0.39 is 29.8 Å². The largest absolute Gasteiger partial charge is 0.469 e. The number of hydrogen-bond acceptors (Lipinski definition) is 6. The Labute approximate surface area is 217 Å². The number of carbonyl (C=O) groups excluding carboxylic acids is 2. The molecule has 2 amide bonds. The third-order valence-electron chi connectivity index (χ3n) is 6.62. The summed E-state index contributed by atoms with van der Waals surface area (Å²) in [6.07, 6.45) is 6.07. The van der Waals surface area contributed by atoms with E-state index >= 15 is 0 Å². The van der Waals surface area contributed by atoms with E-state index in [0.29, 0.717) is 29.9 Å². The standard InChI is InChI=1S/C27H36FN5O4/c1-17-7-9-20(10-8-17)16-30-26(33-27(35)31-19(3)18(2)25(34)36-4)32-21-11-13-22(14-12-21)37-24-23(28)6-5-15-29-24/h5-6,11-15,17-20H,7-10,16H2,1-4H3,(H3,30,31,32,33,35)/t17-,18-,19+,20-/m1/s1. The second-order valence-electron chi connectivity index (χ2n) is 9.55. The number of rotatable bonds is 8. The van der Waals surface area contributed by atoms with Crippen LogP contribution in [0, 0.1) is 23.6 Å². The number of hydrogen-bond donors (Lipinski definition) is 3. The third-order valence-corrected chi connectivity index (χ3v) is 6.62. The predicted molar refractivity (Wildman–Crippen MR) is 139 cm³/mol. The van der Waals surface area contributed by atoms with Gasteiger partial charge in [-0.1, -0.05) is 19.8 Å². The second kappa shape index (κ2) is 13.6. The molecule has 1 saturated carbocycles. The van der Waals surface area contributed by atoms with Gasteiger partial charge in [0.2, 0.25) is 5.96 Å². The van der Waals surface area contributed by atoms with Gasteiger partial charge in [0.05, 0.1) is 18.7 Å². The zero-order chi connectivity index (χ0) is 26.8. The molecular formula is C27H36FN5O4. The van der Waals surface area contributed by atoms with Gasteiger partial charge in [0.25, 0.3) is 5.88 Å². The van der Waals surface area contributed by atoms with Gasteiger partial charge in [0.15, 0.2) is 5.82 Å². The fourth-order valence-electron chi connectivity index (χ4n) is 4.03. The summed E-state index contributed by atoms with van der Waals surface area (Å²) in [6.45, 7) is 6.38. The molecule has 0 saturated heterocycles. The first-order valence-electron chi connectivity index (χ1n) is 12.6. The first-order chi connectivity index (χ1) is 17.7. The average Bonchev–Trinajstić information content (AvgIpc) is 2.89. The number of aromatic nitrogens is 1. The van der Waals surface area contributed by atoms with Crippen LogP contribution in [0.1, 0.15) is 46.5 Å². The Hall–Kier alpha value is -3.69. The van der Waals surface area contributed by atoms with Crippen molar-refractivity contribution in [2.24, 2.45) is 22.7 Å². The van der Waals surface area contributed by atoms with Gasteiger partial charge in [-0.15, -0.1) is 0 Å². The topological polar surface area (TPSA) is 114 Å². The molecule has 1 aromatic carbocycles. The van der Waals surface area contributed by atoms with E-state index in [4.69, 9.17) is 9.47 Å². The molecule has 0 unspecified atom stereocenters. The highest BCUT2D eigenvalue weighted by atomic mass is 19.1. The fraction of sp³-hybridized carbons (Fsp3) is 0.481. The minimum atomic E-state index is -0.556. The molecule has 1 aromatic heterocycles. The van der Waals surface area contributed by atoms with Crippen molar-refractivity contribution in [2.45, 2.75) is 52.5 Å². The number of methoxy groups -OCH3 is 1. The average molecular weight is 514 g/mol. The summed E-state index contributed by atoms with van der Waals surface area (Å²) in [5.41, 5.74) is 0.560. The Morgan fingerprint density at radius 3 is 2.49 bits per heavy atom. The van der Waals surface area contributed by atoms with E-state index in [1.54, 1.807) is 38.1 Å². The van der Waals surface area contributed by atoms with E-state index in [0.717, 1.165) is 18.8 Å². The van der Waals surface area contributed by atoms with Crippen LogP contribution in [0.15, 0.2) is 47.6 Å². The number of ether oxygens (including phenoxy) is 2. The van der Waals surface area contributed by atoms with Crippen LogP contribution in [0.3, 0.4) is 0 Å². The summed E-state index contributed by atoms with van der Waals surface area (Å²) >= 11 is 0. The van der Waals surface area contributed by atoms with Crippen molar-refractivity contribution >= 4 is 23.6 Å². The quantitative estimate of drug-likeness (QED) is 0.262. The van der Waals surface area contributed by atoms with Gasteiger partial charge in [-0.25, -0.2) is 19.2 Å². The zero-order valence-corrected chi connectivity index (χ0v) is 21.8. The molecule has 1 fully saturated rings. The molecule has 3 rings (SSSR count). The molecule has 3 N–H and O–H groups in total. The lowest BCUT2D eigenvalue weighted by atomic mass is 9.83. The molecule has 2 aromatic rings. The van der Waals surface area contributed by atoms with Gasteiger partial charge in [-0.3, -0.25) is 10.1 Å². The minimum Gasteiger partial charge on any atom is -0.469 e. The van der Waals surface area contributed by atoms with Crippen LogP contribution in [0.2, 0.25) is 0 Å². The summed E-state index contributed by atoms with van der Waals surface area (Å²) in [6, 6.07) is 8.51. The molecular weight excluding hydrogens is 477 g/mol. The molecule has 0 spiro atoms. The molecule has 2 atom stereocenters. The number of benzene rings is 1. The number of carbonyl (C=O) groups is 2. The van der Waals surface area contributed by atoms with Crippen molar-refractivity contribution in [3.05, 3.63) is 48.4 Å². The minimum absolute atomic E-state index is 0.114. The number of aliphatic imine (C=N–C) groups is 1. The van der Waals surface area contributed by atoms with Crippen LogP contribution < -0.4 is 20.7 Å². The Morgan fingerprint density at radius 1 is 1.14 bits per heavy atom. The van der Waals surface area contributed by atoms with Crippen molar-refractivity contribution in [2.75, 3.05) is 13.7 Å². The zero-order valence-electron chi connectivity index (χ0n) is 21.8. The van der Waals surface area contributed by atoms with Crippen LogP contribution >= 0.6 is 0 Å². The van der Waals surface area contributed by atoms with Crippen molar-refractivity contribution in [1.29, 1.82) is 0 Å². The Bertz CT molecular complexity index is 1070. The highest BCUT2D eigenvalue weighted by molar-refractivity contribution is 5.97. The summed E-state index contributed by atoms with van der Waals surface area (Å²) in [5, 5.41) is 8.80. The van der Waals surface area contributed by atoms with Gasteiger partial charge in [-0.2, -0.15) is 0 Å². The molecule has 1 heterocycles. The Kier molecular flexibility index (Phi) is 10.2. The first-order valence-corrected chi connectivity index (χ1v) is 12.6. The number of esters is 1. The number of nitrogens with one attached hydrogen (secondary N) is 3. The maximum absolute atomic E-state index is 13.8. The highest BCUT2D eigenvalue weighted by Gasteiger charge is 2.23. The van der Waals surface area contributed by atoms with Crippen LogP contribution in [0.4, 0.5) is 14.9 Å². The molecule has 0 aliphatic heterocycles. The summed E-state index contributed by atoms with van der Waals surface area (Å²) in [7, 11) is 1.31. The molecule has 0 radical (unpaired) electrons. The first kappa shape index (κ1) is 27.9. The Balaban J connectivity index is 1.68. The molecule has 1 aliphatic carbocycles. The van der Waals surface area contributed by atoms with Gasteiger partial charge < -0.3 is 20.1 Å². The summed E-state index contributed by atoms with van der Waals surface area (Å²) in [5.74, 6) is 0.345. The smallest absolute Gasteiger partial charge is 0.321 e. The second-order valence-corrected chi connectivity index (χ2v) is 9.55. The van der Waals surface area contributed by atoms with Gasteiger partial charge in [0.1, 0.15) is 5.75 Å². The monoisotopic (exact) mass is 513 g/mol. The maximum atomic E-state index is 13.8. The number of guanidine groups is 1. The number of urea groups is 1. The number of amides is 2. The van der Waals surface area contributed by atoms with Crippen LogP contribution in [0.5, 0.6) is 11.6 Å². The molecule has 9 nitrogen and oxygen atoms in total. The van der Waals surface area contributed by atoms with Gasteiger partial charge in [-0.05, 0) is 74.9 Å². The van der Waals surface area contributed by atoms with Crippen LogP contribution in [0.25, 0.3) is 0 Å². The normalized spacial score (nSPS) is 19.3. The van der Waals surface area contributed by atoms with Gasteiger partial charge in [0, 0.05) is 18.8 Å². The van der Waals surface area contributed by atoms with E-state index in [1.807, 2.05) is 0 Å². The highest BCUT2D eigenvalue weighted by Crippen LogP contribution is 2.28. The summed E-state index contributed by atoms with van der Waals surface area (Å²) < 4.78 is 24.1. The maximum Gasteiger partial charge on any atom is 0.321 e. The van der Waals surface area contributed by atoms with Crippen molar-refractivity contribution < 1.29 is 23.5 Å². The number of nitrogens with zero attached hydrogens (tertiary/aromatic N) is 2. The SMILES string of the molecule is COC(=O)[C@H](C)[C@H](C)NC(=O)N/C(=N\c1ccc(Oc2ncccc2F)cc1)NC[C@H]1CC[C@H](C)CC1. The van der Waals surface area contributed by atoms with Crippen molar-refractivity contribution in [1.82, 2.24) is 20.9 Å². The van der Waals surface area contributed by atoms with E-state index in [-0.39, 0.29) is 5.88 Å².